The maximum absolute atomic E-state index is 12.2. The molecule has 0 bridgehead atoms. The van der Waals surface area contributed by atoms with E-state index in [0.717, 1.165) is 0 Å². The Morgan fingerprint density at radius 1 is 0.824 bits per heavy atom. The molecular weight excluding hydrogens is 272 g/mol. The van der Waals surface area contributed by atoms with Gasteiger partial charge in [0.2, 0.25) is 0 Å². The molecule has 0 amide bonds. The van der Waals surface area contributed by atoms with Crippen LogP contribution in [0.5, 0.6) is 5.75 Å². The summed E-state index contributed by atoms with van der Waals surface area (Å²) in [6.45, 7) is 0. The molecule has 0 heterocycles. The van der Waals surface area contributed by atoms with Gasteiger partial charge in [0, 0.05) is 0 Å². The summed E-state index contributed by atoms with van der Waals surface area (Å²) < 4.78 is 29.4. The minimum absolute atomic E-state index is 0.268. The van der Waals surface area contributed by atoms with E-state index in [1.54, 1.807) is 75.4 Å². The van der Waals surface area contributed by atoms with Gasteiger partial charge >= 0.3 is 113 Å². The van der Waals surface area contributed by atoms with E-state index in [-0.39, 0.29) is 4.90 Å². The first-order chi connectivity index (χ1) is 8.14. The van der Waals surface area contributed by atoms with Crippen molar-refractivity contribution in [2.45, 2.75) is 9.79 Å². The van der Waals surface area contributed by atoms with Crippen molar-refractivity contribution < 1.29 is 32.6 Å². The van der Waals surface area contributed by atoms with Crippen LogP contribution in [-0.4, -0.2) is 8.42 Å². The summed E-state index contributed by atoms with van der Waals surface area (Å²) in [4.78, 5) is 0.565. The Morgan fingerprint density at radius 2 is 1.35 bits per heavy atom. The zero-order chi connectivity index (χ0) is 12.3. The number of hydrogen-bond donors (Lipinski definition) is 0. The molecule has 5 heteroatoms. The molecule has 0 atom stereocenters. The molecule has 0 aromatic heterocycles. The topological polar surface area (TPSA) is 43.4 Å². The third-order valence-corrected chi connectivity index (χ3v) is 4.46. The molecule has 0 spiro atoms. The second-order valence-electron chi connectivity index (χ2n) is 3.39. The third-order valence-electron chi connectivity index (χ3n) is 2.31. The van der Waals surface area contributed by atoms with Crippen molar-refractivity contribution >= 4 is 9.84 Å². The van der Waals surface area contributed by atoms with Gasteiger partial charge in [0.25, 0.3) is 0 Å². The molecule has 2 aromatic carbocycles. The summed E-state index contributed by atoms with van der Waals surface area (Å²) in [5.74, 6) is 0.636. The molecule has 0 aliphatic rings. The summed E-state index contributed by atoms with van der Waals surface area (Å²) in [6.07, 6.45) is 0. The summed E-state index contributed by atoms with van der Waals surface area (Å²) >= 11 is 1.54. The predicted molar refractivity (Wildman–Crippen MR) is 59.0 cm³/mol. The van der Waals surface area contributed by atoms with Crippen molar-refractivity contribution in [2.24, 2.45) is 0 Å². The Morgan fingerprint density at radius 3 is 1.88 bits per heavy atom. The number of rotatable bonds is 3. The molecule has 0 aliphatic carbocycles. The molecule has 3 nitrogen and oxygen atoms in total. The van der Waals surface area contributed by atoms with Gasteiger partial charge in [-0.25, -0.2) is 0 Å². The fourth-order valence-corrected chi connectivity index (χ4v) is 2.92. The molecule has 0 aliphatic heterocycles. The number of sulfone groups is 1. The van der Waals surface area contributed by atoms with E-state index in [9.17, 15) is 8.42 Å². The summed E-state index contributed by atoms with van der Waals surface area (Å²) in [5.41, 5.74) is 0. The van der Waals surface area contributed by atoms with Gasteiger partial charge < -0.3 is 0 Å². The van der Waals surface area contributed by atoms with Crippen molar-refractivity contribution in [3.05, 3.63) is 54.6 Å². The van der Waals surface area contributed by atoms with Crippen LogP contribution in [0.4, 0.5) is 0 Å². The molecule has 0 N–H and O–H groups in total. The van der Waals surface area contributed by atoms with Crippen LogP contribution in [-0.2, 0) is 30.7 Å². The second-order valence-corrected chi connectivity index (χ2v) is 5.66. The first kappa shape index (κ1) is 12.4. The second kappa shape index (κ2) is 5.04. The SMILES string of the molecule is O=S(=O)(c1ccccc1)c1ccc([O][Ti])cc1. The van der Waals surface area contributed by atoms with Crippen LogP contribution >= 0.6 is 0 Å². The number of hydrogen-bond acceptors (Lipinski definition) is 3. The van der Waals surface area contributed by atoms with Crippen LogP contribution in [0.3, 0.4) is 0 Å². The van der Waals surface area contributed by atoms with Crippen molar-refractivity contribution in [1.82, 2.24) is 0 Å². The zero-order valence-corrected chi connectivity index (χ0v) is 11.2. The van der Waals surface area contributed by atoms with Gasteiger partial charge in [-0.2, -0.15) is 0 Å². The Balaban J connectivity index is 2.45. The molecule has 0 fully saturated rings. The van der Waals surface area contributed by atoms with E-state index in [1.807, 2.05) is 0 Å². The van der Waals surface area contributed by atoms with Gasteiger partial charge in [0.05, 0.1) is 0 Å². The van der Waals surface area contributed by atoms with Crippen LogP contribution in [0, 0.1) is 0 Å². The van der Waals surface area contributed by atoms with Gasteiger partial charge in [-0.05, 0) is 0 Å². The molecule has 17 heavy (non-hydrogen) atoms. The van der Waals surface area contributed by atoms with Crippen molar-refractivity contribution in [1.29, 1.82) is 0 Å². The van der Waals surface area contributed by atoms with E-state index >= 15 is 0 Å². The maximum atomic E-state index is 12.2. The fraction of sp³-hybridized carbons (Fsp3) is 0. The monoisotopic (exact) mass is 281 g/mol. The Labute approximate surface area is 112 Å². The average molecular weight is 281 g/mol. The third kappa shape index (κ3) is 2.60. The predicted octanol–water partition coefficient (Wildman–Crippen LogP) is 2.36. The Hall–Kier alpha value is -1.10. The standard InChI is InChI=1S/C12H10O3S.Ti/c13-10-6-8-12(9-7-10)16(14,15)11-4-2-1-3-5-11;/h1-9,13H;/q;+1/p-1. The molecule has 2 aromatic rings. The van der Waals surface area contributed by atoms with Gasteiger partial charge in [-0.3, -0.25) is 0 Å². The van der Waals surface area contributed by atoms with Crippen molar-refractivity contribution in [2.75, 3.05) is 0 Å². The molecule has 0 saturated carbocycles. The van der Waals surface area contributed by atoms with Crippen molar-refractivity contribution in [3.63, 3.8) is 0 Å². The van der Waals surface area contributed by atoms with E-state index in [2.05, 4.69) is 0 Å². The fourth-order valence-electron chi connectivity index (χ4n) is 1.42. The van der Waals surface area contributed by atoms with Crippen LogP contribution < -0.4 is 3.32 Å². The average Bonchev–Trinajstić information content (AvgIpc) is 2.40. The van der Waals surface area contributed by atoms with Gasteiger partial charge in [-0.15, -0.1) is 0 Å². The normalized spacial score (nSPS) is 11.0. The number of benzene rings is 2. The minimum atomic E-state index is -3.42. The first-order valence-corrected chi connectivity index (χ1v) is 7.00. The summed E-state index contributed by atoms with van der Waals surface area (Å²) in [6, 6.07) is 14.7. The quantitative estimate of drug-likeness (QED) is 0.811. The molecule has 85 valence electrons. The van der Waals surface area contributed by atoms with E-state index < -0.39 is 9.84 Å². The van der Waals surface area contributed by atoms with Crippen LogP contribution in [0.25, 0.3) is 0 Å². The van der Waals surface area contributed by atoms with Crippen LogP contribution in [0.2, 0.25) is 0 Å². The molecule has 2 rings (SSSR count). The summed E-state index contributed by atoms with van der Waals surface area (Å²) in [7, 11) is -3.42. The van der Waals surface area contributed by atoms with E-state index in [0.29, 0.717) is 10.6 Å². The van der Waals surface area contributed by atoms with Crippen molar-refractivity contribution in [3.8, 4) is 5.75 Å². The molecule has 0 radical (unpaired) electrons. The van der Waals surface area contributed by atoms with Gasteiger partial charge in [0.15, 0.2) is 0 Å². The van der Waals surface area contributed by atoms with Crippen LogP contribution in [0.15, 0.2) is 64.4 Å². The summed E-state index contributed by atoms with van der Waals surface area (Å²) in [5, 5.41) is 0. The van der Waals surface area contributed by atoms with Gasteiger partial charge in [-0.1, -0.05) is 0 Å². The van der Waals surface area contributed by atoms with E-state index in [1.165, 1.54) is 0 Å². The molecule has 0 unspecified atom stereocenters. The molecular formula is C12H9O3STi. The Kier molecular flexibility index (Phi) is 3.67. The molecule has 0 saturated heterocycles. The Bertz CT molecular complexity index is 591. The first-order valence-electron chi connectivity index (χ1n) is 4.88. The van der Waals surface area contributed by atoms with E-state index in [4.69, 9.17) is 3.32 Å². The van der Waals surface area contributed by atoms with Crippen LogP contribution in [0.1, 0.15) is 0 Å². The van der Waals surface area contributed by atoms with Gasteiger partial charge in [0.1, 0.15) is 0 Å². The zero-order valence-electron chi connectivity index (χ0n) is 8.83.